The summed E-state index contributed by atoms with van der Waals surface area (Å²) in [5.74, 6) is 0.786. The zero-order valence-electron chi connectivity index (χ0n) is 10.4. The third-order valence-corrected chi connectivity index (χ3v) is 4.10. The van der Waals surface area contributed by atoms with E-state index >= 15 is 0 Å². The van der Waals surface area contributed by atoms with E-state index in [1.807, 2.05) is 0 Å². The molecule has 0 saturated carbocycles. The molecule has 88 valence electrons. The Bertz CT molecular complexity index is 193. The summed E-state index contributed by atoms with van der Waals surface area (Å²) in [5.41, 5.74) is 0. The van der Waals surface area contributed by atoms with Gasteiger partial charge in [0.25, 0.3) is 0 Å². The molecule has 0 spiro atoms. The van der Waals surface area contributed by atoms with Crippen molar-refractivity contribution in [1.29, 1.82) is 0 Å². The van der Waals surface area contributed by atoms with Gasteiger partial charge in [0.15, 0.2) is 0 Å². The fourth-order valence-electron chi connectivity index (χ4n) is 2.52. The van der Waals surface area contributed by atoms with Crippen molar-refractivity contribution >= 4 is 0 Å². The Balaban J connectivity index is 1.72. The molecule has 0 unspecified atom stereocenters. The molecule has 2 saturated heterocycles. The van der Waals surface area contributed by atoms with Gasteiger partial charge < -0.3 is 5.32 Å². The van der Waals surface area contributed by atoms with Gasteiger partial charge in [-0.1, -0.05) is 13.8 Å². The molecule has 2 aliphatic heterocycles. The van der Waals surface area contributed by atoms with Gasteiger partial charge in [-0.3, -0.25) is 9.80 Å². The van der Waals surface area contributed by atoms with Crippen LogP contribution in [0.2, 0.25) is 0 Å². The van der Waals surface area contributed by atoms with Crippen LogP contribution < -0.4 is 5.32 Å². The van der Waals surface area contributed by atoms with Gasteiger partial charge >= 0.3 is 0 Å². The van der Waals surface area contributed by atoms with Crippen LogP contribution in [0, 0.1) is 5.92 Å². The summed E-state index contributed by atoms with van der Waals surface area (Å²) in [6.07, 6.45) is 0. The lowest BCUT2D eigenvalue weighted by atomic mass is 9.97. The molecule has 0 aromatic carbocycles. The van der Waals surface area contributed by atoms with Gasteiger partial charge in [-0.25, -0.2) is 0 Å². The molecule has 0 aromatic heterocycles. The van der Waals surface area contributed by atoms with Gasteiger partial charge in [0.2, 0.25) is 0 Å². The molecule has 15 heavy (non-hydrogen) atoms. The van der Waals surface area contributed by atoms with E-state index in [9.17, 15) is 0 Å². The molecule has 3 nitrogen and oxygen atoms in total. The Kier molecular flexibility index (Phi) is 3.65. The van der Waals surface area contributed by atoms with E-state index in [0.29, 0.717) is 0 Å². The van der Waals surface area contributed by atoms with E-state index in [0.717, 1.165) is 18.0 Å². The second-order valence-corrected chi connectivity index (χ2v) is 5.38. The average molecular weight is 211 g/mol. The Hall–Kier alpha value is -0.120. The molecule has 1 atom stereocenters. The molecule has 0 bridgehead atoms. The maximum absolute atomic E-state index is 3.41. The first-order chi connectivity index (χ1) is 7.18. The Labute approximate surface area is 93.8 Å². The standard InChI is InChI=1S/C12H25N3/c1-10(2)11(3)15-8-12(9-15)14-6-4-13-5-7-14/h10-13H,4-9H2,1-3H3/t11-/m0/s1. The number of hydrogen-bond acceptors (Lipinski definition) is 3. The molecule has 2 fully saturated rings. The van der Waals surface area contributed by atoms with Crippen molar-refractivity contribution in [3.63, 3.8) is 0 Å². The van der Waals surface area contributed by atoms with Crippen molar-refractivity contribution in [3.05, 3.63) is 0 Å². The molecule has 0 radical (unpaired) electrons. The lowest BCUT2D eigenvalue weighted by Gasteiger charge is -2.50. The minimum absolute atomic E-state index is 0.754. The van der Waals surface area contributed by atoms with Crippen molar-refractivity contribution < 1.29 is 0 Å². The minimum atomic E-state index is 0.754. The van der Waals surface area contributed by atoms with Gasteiger partial charge in [0.05, 0.1) is 0 Å². The SMILES string of the molecule is CC(C)[C@H](C)N1CC(N2CCNCC2)C1. The summed E-state index contributed by atoms with van der Waals surface area (Å²) < 4.78 is 0. The van der Waals surface area contributed by atoms with E-state index in [-0.39, 0.29) is 0 Å². The predicted octanol–water partition coefficient (Wildman–Crippen LogP) is 0.620. The number of piperazine rings is 1. The zero-order valence-corrected chi connectivity index (χ0v) is 10.4. The smallest absolute Gasteiger partial charge is 0.0351 e. The molecular formula is C12H25N3. The Morgan fingerprint density at radius 1 is 1.07 bits per heavy atom. The van der Waals surface area contributed by atoms with Crippen molar-refractivity contribution in [2.45, 2.75) is 32.9 Å². The molecule has 0 aromatic rings. The summed E-state index contributed by atoms with van der Waals surface area (Å²) in [7, 11) is 0. The topological polar surface area (TPSA) is 18.5 Å². The summed E-state index contributed by atoms with van der Waals surface area (Å²) in [6, 6.07) is 1.59. The second kappa shape index (κ2) is 4.81. The molecule has 0 aliphatic carbocycles. The van der Waals surface area contributed by atoms with Crippen LogP contribution in [0.1, 0.15) is 20.8 Å². The molecule has 0 amide bonds. The molecule has 2 heterocycles. The highest BCUT2D eigenvalue weighted by Crippen LogP contribution is 2.21. The van der Waals surface area contributed by atoms with Crippen molar-refractivity contribution in [2.75, 3.05) is 39.3 Å². The van der Waals surface area contributed by atoms with Crippen molar-refractivity contribution in [3.8, 4) is 0 Å². The summed E-state index contributed by atoms with van der Waals surface area (Å²) >= 11 is 0. The van der Waals surface area contributed by atoms with Crippen LogP contribution in [-0.4, -0.2) is 61.2 Å². The third kappa shape index (κ3) is 2.52. The molecule has 2 rings (SSSR count). The summed E-state index contributed by atoms with van der Waals surface area (Å²) in [4.78, 5) is 5.28. The second-order valence-electron chi connectivity index (χ2n) is 5.38. The monoisotopic (exact) mass is 211 g/mol. The fourth-order valence-corrected chi connectivity index (χ4v) is 2.52. The van der Waals surface area contributed by atoms with Crippen LogP contribution in [-0.2, 0) is 0 Å². The first-order valence-electron chi connectivity index (χ1n) is 6.37. The highest BCUT2D eigenvalue weighted by Gasteiger charge is 2.35. The van der Waals surface area contributed by atoms with Gasteiger partial charge in [-0.15, -0.1) is 0 Å². The van der Waals surface area contributed by atoms with Gasteiger partial charge in [-0.05, 0) is 12.8 Å². The van der Waals surface area contributed by atoms with Crippen LogP contribution in [0.5, 0.6) is 0 Å². The third-order valence-electron chi connectivity index (χ3n) is 4.10. The van der Waals surface area contributed by atoms with Crippen LogP contribution in [0.3, 0.4) is 0 Å². The average Bonchev–Trinajstić information content (AvgIpc) is 2.17. The lowest BCUT2D eigenvalue weighted by molar-refractivity contribution is -0.00735. The lowest BCUT2D eigenvalue weighted by Crippen LogP contribution is -2.64. The van der Waals surface area contributed by atoms with E-state index in [4.69, 9.17) is 0 Å². The van der Waals surface area contributed by atoms with Crippen molar-refractivity contribution in [1.82, 2.24) is 15.1 Å². The largest absolute Gasteiger partial charge is 0.314 e. The summed E-state index contributed by atoms with van der Waals surface area (Å²) in [5, 5.41) is 3.41. The number of nitrogens with one attached hydrogen (secondary N) is 1. The van der Waals surface area contributed by atoms with Crippen molar-refractivity contribution in [2.24, 2.45) is 5.92 Å². The summed E-state index contributed by atoms with van der Waals surface area (Å²) in [6.45, 7) is 14.4. The maximum Gasteiger partial charge on any atom is 0.0351 e. The maximum atomic E-state index is 3.41. The van der Waals surface area contributed by atoms with Crippen LogP contribution in [0.4, 0.5) is 0 Å². The van der Waals surface area contributed by atoms with Crippen LogP contribution in [0.15, 0.2) is 0 Å². The normalized spacial score (nSPS) is 28.0. The van der Waals surface area contributed by atoms with Gasteiger partial charge in [0.1, 0.15) is 0 Å². The van der Waals surface area contributed by atoms with Gasteiger partial charge in [-0.2, -0.15) is 0 Å². The highest BCUT2D eigenvalue weighted by atomic mass is 15.3. The van der Waals surface area contributed by atoms with Crippen LogP contribution >= 0.6 is 0 Å². The number of nitrogens with zero attached hydrogens (tertiary/aromatic N) is 2. The number of likely N-dealkylation sites (tertiary alicyclic amines) is 1. The Morgan fingerprint density at radius 2 is 1.67 bits per heavy atom. The fraction of sp³-hybridized carbons (Fsp3) is 1.00. The van der Waals surface area contributed by atoms with E-state index in [1.165, 1.54) is 39.3 Å². The zero-order chi connectivity index (χ0) is 10.8. The molecule has 1 N–H and O–H groups in total. The minimum Gasteiger partial charge on any atom is -0.314 e. The number of hydrogen-bond donors (Lipinski definition) is 1. The predicted molar refractivity (Wildman–Crippen MR) is 64.1 cm³/mol. The molecule has 3 heteroatoms. The van der Waals surface area contributed by atoms with E-state index < -0.39 is 0 Å². The number of rotatable bonds is 3. The van der Waals surface area contributed by atoms with Gasteiger partial charge in [0, 0.05) is 51.4 Å². The quantitative estimate of drug-likeness (QED) is 0.738. The molecular weight excluding hydrogens is 186 g/mol. The molecule has 2 aliphatic rings. The van der Waals surface area contributed by atoms with E-state index in [1.54, 1.807) is 0 Å². The highest BCUT2D eigenvalue weighted by molar-refractivity contribution is 4.92. The first kappa shape index (κ1) is 11.4. The van der Waals surface area contributed by atoms with Crippen LogP contribution in [0.25, 0.3) is 0 Å². The first-order valence-corrected chi connectivity index (χ1v) is 6.37. The van der Waals surface area contributed by atoms with E-state index in [2.05, 4.69) is 35.9 Å². The Morgan fingerprint density at radius 3 is 2.20 bits per heavy atom.